The van der Waals surface area contributed by atoms with Gasteiger partial charge in [0.25, 0.3) is 0 Å². The fourth-order valence-electron chi connectivity index (χ4n) is 1.19. The maximum Gasteiger partial charge on any atom is 0.404 e. The molecule has 1 heterocycles. The lowest BCUT2D eigenvalue weighted by Crippen LogP contribution is -2.38. The van der Waals surface area contributed by atoms with Crippen molar-refractivity contribution < 1.29 is 24.2 Å². The zero-order valence-corrected chi connectivity index (χ0v) is 11.2. The van der Waals surface area contributed by atoms with Gasteiger partial charge in [-0.2, -0.15) is 0 Å². The minimum atomic E-state index is -1.08. The van der Waals surface area contributed by atoms with Gasteiger partial charge < -0.3 is 26.2 Å². The number of carboxylic acid groups (broad SMARTS) is 1. The highest BCUT2D eigenvalue weighted by Gasteiger charge is 2.08. The van der Waals surface area contributed by atoms with Crippen LogP contribution in [0.4, 0.5) is 9.59 Å². The third kappa shape index (κ3) is 6.00. The molecule has 0 saturated carbocycles. The Balaban J connectivity index is 2.15. The molecule has 20 heavy (non-hydrogen) atoms. The van der Waals surface area contributed by atoms with E-state index in [1.165, 1.54) is 16.7 Å². The van der Waals surface area contributed by atoms with E-state index in [-0.39, 0.29) is 18.8 Å². The number of aromatic nitrogens is 1. The molecule has 0 bridgehead atoms. The maximum atomic E-state index is 11.3. The number of nitrogens with zero attached hydrogens (tertiary/aromatic N) is 1. The highest BCUT2D eigenvalue weighted by Crippen LogP contribution is 2.09. The number of urea groups is 1. The molecule has 0 unspecified atom stereocenters. The number of hydrogen-bond acceptors (Lipinski definition) is 6. The molecule has 3 amide bonds. The Morgan fingerprint density at radius 2 is 2.05 bits per heavy atom. The summed E-state index contributed by atoms with van der Waals surface area (Å²) in [6, 6.07) is -0.423. The predicted octanol–water partition coefficient (Wildman–Crippen LogP) is -0.222. The normalized spacial score (nSPS) is 9.80. The molecule has 0 aliphatic carbocycles. The summed E-state index contributed by atoms with van der Waals surface area (Å²) in [6.45, 7) is 0.460. The van der Waals surface area contributed by atoms with Crippen LogP contribution in [0.1, 0.15) is 15.5 Å². The quantitative estimate of drug-likeness (QED) is 0.512. The predicted molar refractivity (Wildman–Crippen MR) is 69.7 cm³/mol. The van der Waals surface area contributed by atoms with Gasteiger partial charge in [-0.15, -0.1) is 11.3 Å². The van der Waals surface area contributed by atoms with Gasteiger partial charge in [0.05, 0.1) is 11.6 Å². The standard InChI is InChI=1S/C10H14N4O5S/c11-9(17)19-4-3-13-10(18)12-2-1-7-14-6(5-20-7)8(15)16/h5H,1-4H2,(H2,11,17)(H,15,16)(H2,12,13,18). The van der Waals surface area contributed by atoms with Gasteiger partial charge >= 0.3 is 18.1 Å². The molecule has 0 aromatic carbocycles. The van der Waals surface area contributed by atoms with Crippen molar-refractivity contribution in [2.75, 3.05) is 19.7 Å². The van der Waals surface area contributed by atoms with E-state index >= 15 is 0 Å². The number of carbonyl (C=O) groups excluding carboxylic acids is 2. The molecule has 5 N–H and O–H groups in total. The van der Waals surface area contributed by atoms with E-state index < -0.39 is 18.1 Å². The van der Waals surface area contributed by atoms with Crippen molar-refractivity contribution in [1.82, 2.24) is 15.6 Å². The zero-order valence-electron chi connectivity index (χ0n) is 10.4. The van der Waals surface area contributed by atoms with Crippen LogP contribution in [0.5, 0.6) is 0 Å². The maximum absolute atomic E-state index is 11.3. The lowest BCUT2D eigenvalue weighted by Gasteiger charge is -2.06. The first-order valence-corrected chi connectivity index (χ1v) is 6.48. The molecular weight excluding hydrogens is 288 g/mol. The molecule has 10 heteroatoms. The van der Waals surface area contributed by atoms with Crippen LogP contribution in [0.15, 0.2) is 5.38 Å². The van der Waals surface area contributed by atoms with E-state index in [1.54, 1.807) is 0 Å². The van der Waals surface area contributed by atoms with Crippen LogP contribution in [0.2, 0.25) is 0 Å². The van der Waals surface area contributed by atoms with Crippen molar-refractivity contribution in [1.29, 1.82) is 0 Å². The highest BCUT2D eigenvalue weighted by atomic mass is 32.1. The summed E-state index contributed by atoms with van der Waals surface area (Å²) in [7, 11) is 0. The smallest absolute Gasteiger partial charge is 0.404 e. The Morgan fingerprint density at radius 1 is 1.35 bits per heavy atom. The SMILES string of the molecule is NC(=O)OCCNC(=O)NCCc1nc(C(=O)O)cs1. The van der Waals surface area contributed by atoms with E-state index in [2.05, 4.69) is 20.4 Å². The summed E-state index contributed by atoms with van der Waals surface area (Å²) in [5.74, 6) is -1.08. The Bertz CT molecular complexity index is 490. The first-order valence-electron chi connectivity index (χ1n) is 5.60. The van der Waals surface area contributed by atoms with Crippen LogP contribution >= 0.6 is 11.3 Å². The third-order valence-corrected chi connectivity index (χ3v) is 2.94. The van der Waals surface area contributed by atoms with Gasteiger partial charge in [-0.1, -0.05) is 0 Å². The van der Waals surface area contributed by atoms with Crippen molar-refractivity contribution in [3.8, 4) is 0 Å². The van der Waals surface area contributed by atoms with Gasteiger partial charge in [0.2, 0.25) is 0 Å². The minimum Gasteiger partial charge on any atom is -0.476 e. The molecule has 0 aliphatic rings. The molecule has 1 aromatic heterocycles. The van der Waals surface area contributed by atoms with Crippen LogP contribution in [0.3, 0.4) is 0 Å². The van der Waals surface area contributed by atoms with Crippen molar-refractivity contribution in [3.05, 3.63) is 16.1 Å². The molecule has 1 aromatic rings. The summed E-state index contributed by atoms with van der Waals surface area (Å²) in [5.41, 5.74) is 4.74. The van der Waals surface area contributed by atoms with Gasteiger partial charge in [0.1, 0.15) is 6.61 Å². The molecule has 110 valence electrons. The first kappa shape index (κ1) is 15.7. The lowest BCUT2D eigenvalue weighted by atomic mass is 10.4. The van der Waals surface area contributed by atoms with Crippen LogP contribution in [0, 0.1) is 0 Å². The Kier molecular flexibility index (Phi) is 6.23. The zero-order chi connectivity index (χ0) is 15.0. The Labute approximate surface area is 118 Å². The van der Waals surface area contributed by atoms with Gasteiger partial charge in [-0.3, -0.25) is 0 Å². The topological polar surface area (TPSA) is 144 Å². The number of carboxylic acids is 1. The van der Waals surface area contributed by atoms with Crippen LogP contribution in [-0.4, -0.2) is 47.9 Å². The van der Waals surface area contributed by atoms with Crippen molar-refractivity contribution in [2.45, 2.75) is 6.42 Å². The number of amides is 3. The van der Waals surface area contributed by atoms with E-state index in [1.807, 2.05) is 0 Å². The monoisotopic (exact) mass is 302 g/mol. The highest BCUT2D eigenvalue weighted by molar-refractivity contribution is 7.09. The number of rotatable bonds is 7. The number of carbonyl (C=O) groups is 3. The Hall–Kier alpha value is -2.36. The molecule has 0 fully saturated rings. The molecule has 0 saturated heterocycles. The van der Waals surface area contributed by atoms with Gasteiger partial charge in [0, 0.05) is 18.3 Å². The minimum absolute atomic E-state index is 0.00180. The largest absolute Gasteiger partial charge is 0.476 e. The van der Waals surface area contributed by atoms with Crippen LogP contribution in [0.25, 0.3) is 0 Å². The van der Waals surface area contributed by atoms with Crippen molar-refractivity contribution in [3.63, 3.8) is 0 Å². The average Bonchev–Trinajstić information content (AvgIpc) is 2.83. The van der Waals surface area contributed by atoms with Crippen molar-refractivity contribution >= 4 is 29.4 Å². The Morgan fingerprint density at radius 3 is 2.65 bits per heavy atom. The van der Waals surface area contributed by atoms with Gasteiger partial charge in [-0.25, -0.2) is 19.4 Å². The summed E-state index contributed by atoms with van der Waals surface area (Å²) >= 11 is 1.22. The van der Waals surface area contributed by atoms with E-state index in [4.69, 9.17) is 10.8 Å². The van der Waals surface area contributed by atoms with Gasteiger partial charge in [0.15, 0.2) is 5.69 Å². The molecule has 0 spiro atoms. The second kappa shape index (κ2) is 7.94. The number of nitrogens with two attached hydrogens (primary N) is 1. The number of nitrogens with one attached hydrogen (secondary N) is 2. The number of hydrogen-bond donors (Lipinski definition) is 4. The number of ether oxygens (including phenoxy) is 1. The summed E-state index contributed by atoms with van der Waals surface area (Å²) < 4.78 is 4.42. The molecule has 0 aliphatic heterocycles. The van der Waals surface area contributed by atoms with Crippen LogP contribution < -0.4 is 16.4 Å². The molecule has 1 rings (SSSR count). The number of thiazole rings is 1. The summed E-state index contributed by atoms with van der Waals surface area (Å²) in [5, 5.41) is 15.8. The third-order valence-electron chi connectivity index (χ3n) is 2.03. The number of primary amides is 1. The molecule has 9 nitrogen and oxygen atoms in total. The summed E-state index contributed by atoms with van der Waals surface area (Å²) in [4.78, 5) is 36.0. The lowest BCUT2D eigenvalue weighted by molar-refractivity contribution is 0.0691. The van der Waals surface area contributed by atoms with E-state index in [0.717, 1.165) is 0 Å². The second-order valence-corrected chi connectivity index (χ2v) is 4.47. The van der Waals surface area contributed by atoms with E-state index in [0.29, 0.717) is 18.0 Å². The second-order valence-electron chi connectivity index (χ2n) is 3.53. The molecular formula is C10H14N4O5S. The fraction of sp³-hybridized carbons (Fsp3) is 0.400. The van der Waals surface area contributed by atoms with E-state index in [9.17, 15) is 14.4 Å². The van der Waals surface area contributed by atoms with Crippen molar-refractivity contribution in [2.24, 2.45) is 5.73 Å². The summed E-state index contributed by atoms with van der Waals surface area (Å²) in [6.07, 6.45) is -0.464. The molecule has 0 radical (unpaired) electrons. The average molecular weight is 302 g/mol. The van der Waals surface area contributed by atoms with Crippen LogP contribution in [-0.2, 0) is 11.2 Å². The first-order chi connectivity index (χ1) is 9.49. The van der Waals surface area contributed by atoms with Gasteiger partial charge in [-0.05, 0) is 0 Å². The molecule has 0 atom stereocenters. The fourth-order valence-corrected chi connectivity index (χ4v) is 1.96. The number of aromatic carboxylic acids is 1.